The molecule has 2 heterocycles. The molecule has 0 unspecified atom stereocenters. The SMILES string of the molecule is Cc1ccsc1CN(C)C(=O)CCNC(=O)c1cccs1. The van der Waals surface area contributed by atoms with Gasteiger partial charge in [0.2, 0.25) is 5.91 Å². The van der Waals surface area contributed by atoms with Crippen LogP contribution in [0.15, 0.2) is 29.0 Å². The summed E-state index contributed by atoms with van der Waals surface area (Å²) in [4.78, 5) is 27.3. The molecule has 0 saturated carbocycles. The van der Waals surface area contributed by atoms with Crippen LogP contribution in [0.4, 0.5) is 0 Å². The largest absolute Gasteiger partial charge is 0.351 e. The van der Waals surface area contributed by atoms with Crippen LogP contribution in [0.3, 0.4) is 0 Å². The minimum atomic E-state index is -0.116. The number of thiophene rings is 2. The minimum Gasteiger partial charge on any atom is -0.351 e. The summed E-state index contributed by atoms with van der Waals surface area (Å²) in [5, 5.41) is 6.66. The Labute approximate surface area is 132 Å². The van der Waals surface area contributed by atoms with Crippen molar-refractivity contribution in [2.75, 3.05) is 13.6 Å². The highest BCUT2D eigenvalue weighted by atomic mass is 32.1. The lowest BCUT2D eigenvalue weighted by atomic mass is 10.2. The molecule has 0 aliphatic rings. The molecule has 6 heteroatoms. The Kier molecular flexibility index (Phi) is 5.52. The third-order valence-electron chi connectivity index (χ3n) is 3.14. The van der Waals surface area contributed by atoms with Crippen LogP contribution in [0.2, 0.25) is 0 Å². The Morgan fingerprint density at radius 3 is 2.67 bits per heavy atom. The molecule has 2 rings (SSSR count). The van der Waals surface area contributed by atoms with Gasteiger partial charge in [0.15, 0.2) is 0 Å². The van der Waals surface area contributed by atoms with Crippen molar-refractivity contribution in [2.24, 2.45) is 0 Å². The zero-order valence-electron chi connectivity index (χ0n) is 12.1. The van der Waals surface area contributed by atoms with Crippen molar-refractivity contribution in [1.29, 1.82) is 0 Å². The number of rotatable bonds is 6. The average molecular weight is 322 g/mol. The van der Waals surface area contributed by atoms with Crippen molar-refractivity contribution in [3.05, 3.63) is 44.3 Å². The van der Waals surface area contributed by atoms with Gasteiger partial charge in [0.1, 0.15) is 0 Å². The number of carbonyl (C=O) groups is 2. The van der Waals surface area contributed by atoms with E-state index in [4.69, 9.17) is 0 Å². The fourth-order valence-electron chi connectivity index (χ4n) is 1.84. The van der Waals surface area contributed by atoms with Gasteiger partial charge in [0, 0.05) is 24.9 Å². The van der Waals surface area contributed by atoms with E-state index < -0.39 is 0 Å². The van der Waals surface area contributed by atoms with E-state index in [0.717, 1.165) is 0 Å². The highest BCUT2D eigenvalue weighted by Gasteiger charge is 2.12. The first-order chi connectivity index (χ1) is 10.1. The van der Waals surface area contributed by atoms with Crippen molar-refractivity contribution in [2.45, 2.75) is 19.9 Å². The van der Waals surface area contributed by atoms with Gasteiger partial charge >= 0.3 is 0 Å². The molecule has 4 nitrogen and oxygen atoms in total. The summed E-state index contributed by atoms with van der Waals surface area (Å²) in [5.41, 5.74) is 1.21. The molecule has 2 aromatic heterocycles. The average Bonchev–Trinajstić information content (AvgIpc) is 3.11. The van der Waals surface area contributed by atoms with Crippen molar-refractivity contribution in [3.63, 3.8) is 0 Å². The van der Waals surface area contributed by atoms with E-state index in [0.29, 0.717) is 24.4 Å². The monoisotopic (exact) mass is 322 g/mol. The zero-order valence-corrected chi connectivity index (χ0v) is 13.7. The van der Waals surface area contributed by atoms with Gasteiger partial charge in [-0.05, 0) is 35.4 Å². The number of amides is 2. The summed E-state index contributed by atoms with van der Waals surface area (Å²) in [7, 11) is 1.79. The lowest BCUT2D eigenvalue weighted by Gasteiger charge is -2.17. The Bertz CT molecular complexity index is 605. The van der Waals surface area contributed by atoms with Crippen LogP contribution < -0.4 is 5.32 Å². The van der Waals surface area contributed by atoms with Crippen molar-refractivity contribution < 1.29 is 9.59 Å². The first-order valence-electron chi connectivity index (χ1n) is 6.66. The molecule has 0 spiro atoms. The normalized spacial score (nSPS) is 10.4. The predicted octanol–water partition coefficient (Wildman–Crippen LogP) is 2.90. The van der Waals surface area contributed by atoms with Crippen LogP contribution in [0.5, 0.6) is 0 Å². The van der Waals surface area contributed by atoms with Gasteiger partial charge in [-0.15, -0.1) is 22.7 Å². The maximum atomic E-state index is 12.0. The fourth-order valence-corrected chi connectivity index (χ4v) is 3.44. The second-order valence-electron chi connectivity index (χ2n) is 4.76. The summed E-state index contributed by atoms with van der Waals surface area (Å²) >= 11 is 3.05. The fraction of sp³-hybridized carbons (Fsp3) is 0.333. The maximum Gasteiger partial charge on any atom is 0.261 e. The minimum absolute atomic E-state index is 0.0364. The lowest BCUT2D eigenvalue weighted by Crippen LogP contribution is -2.31. The predicted molar refractivity (Wildman–Crippen MR) is 86.8 cm³/mol. The zero-order chi connectivity index (χ0) is 15.2. The van der Waals surface area contributed by atoms with Gasteiger partial charge in [-0.1, -0.05) is 6.07 Å². The lowest BCUT2D eigenvalue weighted by molar-refractivity contribution is -0.130. The third-order valence-corrected chi connectivity index (χ3v) is 5.02. The number of nitrogens with zero attached hydrogens (tertiary/aromatic N) is 1. The molecule has 0 aromatic carbocycles. The first-order valence-corrected chi connectivity index (χ1v) is 8.42. The van der Waals surface area contributed by atoms with Gasteiger partial charge in [-0.3, -0.25) is 9.59 Å². The highest BCUT2D eigenvalue weighted by molar-refractivity contribution is 7.12. The summed E-state index contributed by atoms with van der Waals surface area (Å²) < 4.78 is 0. The molecule has 2 amide bonds. The van der Waals surface area contributed by atoms with E-state index in [1.54, 1.807) is 29.4 Å². The summed E-state index contributed by atoms with van der Waals surface area (Å²) in [5.74, 6) is -0.0798. The van der Waals surface area contributed by atoms with Crippen molar-refractivity contribution >= 4 is 34.5 Å². The van der Waals surface area contributed by atoms with E-state index in [2.05, 4.69) is 11.4 Å². The number of carbonyl (C=O) groups excluding carboxylic acids is 2. The molecule has 112 valence electrons. The number of aryl methyl sites for hydroxylation is 1. The van der Waals surface area contributed by atoms with Crippen LogP contribution in [-0.4, -0.2) is 30.3 Å². The van der Waals surface area contributed by atoms with Gasteiger partial charge in [0.05, 0.1) is 11.4 Å². The van der Waals surface area contributed by atoms with Crippen LogP contribution in [0.25, 0.3) is 0 Å². The standard InChI is InChI=1S/C15H18N2O2S2/c1-11-6-9-21-13(11)10-17(2)14(18)5-7-16-15(19)12-4-3-8-20-12/h3-4,6,8-9H,5,7,10H2,1-2H3,(H,16,19). The second kappa shape index (κ2) is 7.38. The summed E-state index contributed by atoms with van der Waals surface area (Å²) in [6.45, 7) is 3.04. The molecule has 2 aromatic rings. The Morgan fingerprint density at radius 2 is 2.05 bits per heavy atom. The molecule has 1 N–H and O–H groups in total. The van der Waals surface area contributed by atoms with Crippen LogP contribution in [0, 0.1) is 6.92 Å². The first kappa shape index (κ1) is 15.7. The third kappa shape index (κ3) is 4.41. The Morgan fingerprint density at radius 1 is 1.24 bits per heavy atom. The quantitative estimate of drug-likeness (QED) is 0.889. The molecular formula is C15H18N2O2S2. The topological polar surface area (TPSA) is 49.4 Å². The van der Waals surface area contributed by atoms with E-state index in [-0.39, 0.29) is 11.8 Å². The van der Waals surface area contributed by atoms with Crippen molar-refractivity contribution in [1.82, 2.24) is 10.2 Å². The van der Waals surface area contributed by atoms with E-state index in [1.165, 1.54) is 21.8 Å². The van der Waals surface area contributed by atoms with E-state index in [1.807, 2.05) is 23.8 Å². The second-order valence-corrected chi connectivity index (χ2v) is 6.71. The molecule has 0 radical (unpaired) electrons. The molecule has 0 atom stereocenters. The molecule has 0 aliphatic heterocycles. The van der Waals surface area contributed by atoms with Gasteiger partial charge in [0.25, 0.3) is 5.91 Å². The smallest absolute Gasteiger partial charge is 0.261 e. The maximum absolute atomic E-state index is 12.0. The molecule has 0 fully saturated rings. The Balaban J connectivity index is 1.74. The number of hydrogen-bond acceptors (Lipinski definition) is 4. The molecule has 0 bridgehead atoms. The number of nitrogens with one attached hydrogen (secondary N) is 1. The van der Waals surface area contributed by atoms with Crippen LogP contribution in [0.1, 0.15) is 26.5 Å². The summed E-state index contributed by atoms with van der Waals surface area (Å²) in [6, 6.07) is 5.66. The van der Waals surface area contributed by atoms with Crippen LogP contribution >= 0.6 is 22.7 Å². The van der Waals surface area contributed by atoms with Crippen molar-refractivity contribution in [3.8, 4) is 0 Å². The van der Waals surface area contributed by atoms with Gasteiger partial charge in [-0.25, -0.2) is 0 Å². The Hall–Kier alpha value is -1.66. The van der Waals surface area contributed by atoms with E-state index in [9.17, 15) is 9.59 Å². The van der Waals surface area contributed by atoms with Gasteiger partial charge < -0.3 is 10.2 Å². The highest BCUT2D eigenvalue weighted by Crippen LogP contribution is 2.17. The molecule has 21 heavy (non-hydrogen) atoms. The van der Waals surface area contributed by atoms with E-state index >= 15 is 0 Å². The molecular weight excluding hydrogens is 304 g/mol. The van der Waals surface area contributed by atoms with Gasteiger partial charge in [-0.2, -0.15) is 0 Å². The van der Waals surface area contributed by atoms with Crippen LogP contribution in [-0.2, 0) is 11.3 Å². The number of hydrogen-bond donors (Lipinski definition) is 1. The summed E-state index contributed by atoms with van der Waals surface area (Å²) in [6.07, 6.45) is 0.317. The molecule has 0 saturated heterocycles. The molecule has 0 aliphatic carbocycles.